The lowest BCUT2D eigenvalue weighted by Gasteiger charge is -2.26. The van der Waals surface area contributed by atoms with Crippen molar-refractivity contribution < 1.29 is 9.59 Å². The van der Waals surface area contributed by atoms with Crippen LogP contribution < -0.4 is 5.32 Å². The van der Waals surface area contributed by atoms with E-state index in [-0.39, 0.29) is 11.8 Å². The summed E-state index contributed by atoms with van der Waals surface area (Å²) in [6, 6.07) is 0. The highest BCUT2D eigenvalue weighted by molar-refractivity contribution is 5.92. The number of aromatic nitrogens is 2. The molecule has 0 bridgehead atoms. The van der Waals surface area contributed by atoms with Crippen molar-refractivity contribution in [1.82, 2.24) is 25.1 Å². The minimum absolute atomic E-state index is 0.00523. The molecule has 0 aromatic carbocycles. The fourth-order valence-corrected chi connectivity index (χ4v) is 3.26. The highest BCUT2D eigenvalue weighted by atomic mass is 16.2. The molecule has 1 aliphatic heterocycles. The summed E-state index contributed by atoms with van der Waals surface area (Å²) >= 11 is 0. The Hall–Kier alpha value is -2.02. The summed E-state index contributed by atoms with van der Waals surface area (Å²) in [6.45, 7) is 10.9. The predicted octanol–water partition coefficient (Wildman–Crippen LogP) is 2.27. The van der Waals surface area contributed by atoms with E-state index in [1.165, 1.54) is 25.5 Å². The average molecular weight is 390 g/mol. The van der Waals surface area contributed by atoms with E-state index < -0.39 is 0 Å². The normalized spacial score (nSPS) is 14.9. The van der Waals surface area contributed by atoms with Gasteiger partial charge in [-0.1, -0.05) is 20.3 Å². The number of nitrogens with one attached hydrogen (secondary N) is 1. The molecule has 7 heteroatoms. The van der Waals surface area contributed by atoms with Crippen LogP contribution in [0.25, 0.3) is 0 Å². The minimum atomic E-state index is -0.158. The molecular formula is C21H35N5O2. The molecule has 1 aromatic heterocycles. The zero-order valence-electron chi connectivity index (χ0n) is 17.6. The second kappa shape index (κ2) is 11.7. The molecule has 1 fully saturated rings. The third kappa shape index (κ3) is 7.92. The summed E-state index contributed by atoms with van der Waals surface area (Å²) in [5.41, 5.74) is 1.11. The van der Waals surface area contributed by atoms with Crippen molar-refractivity contribution in [3.8, 4) is 0 Å². The van der Waals surface area contributed by atoms with Crippen molar-refractivity contribution in [1.29, 1.82) is 0 Å². The Bertz CT molecular complexity index is 612. The molecule has 1 aromatic rings. The second-order valence-corrected chi connectivity index (χ2v) is 8.02. The number of amides is 2. The van der Waals surface area contributed by atoms with Crippen LogP contribution in [0.5, 0.6) is 0 Å². The number of likely N-dealkylation sites (tertiary alicyclic amines) is 1. The van der Waals surface area contributed by atoms with Crippen molar-refractivity contribution in [3.63, 3.8) is 0 Å². The molecule has 1 saturated heterocycles. The van der Waals surface area contributed by atoms with Crippen molar-refractivity contribution in [3.05, 3.63) is 23.8 Å². The lowest BCUT2D eigenvalue weighted by Crippen LogP contribution is -2.40. The first-order valence-electron chi connectivity index (χ1n) is 10.5. The monoisotopic (exact) mass is 389 g/mol. The molecule has 1 N–H and O–H groups in total. The first kappa shape index (κ1) is 22.3. The fraction of sp³-hybridized carbons (Fsp3) is 0.714. The van der Waals surface area contributed by atoms with Gasteiger partial charge in [0, 0.05) is 38.8 Å². The van der Waals surface area contributed by atoms with Gasteiger partial charge in [-0.2, -0.15) is 0 Å². The van der Waals surface area contributed by atoms with E-state index in [1.54, 1.807) is 11.1 Å². The zero-order chi connectivity index (χ0) is 20.4. The molecule has 2 rings (SSSR count). The molecule has 1 aliphatic rings. The maximum Gasteiger partial charge on any atom is 0.274 e. The molecule has 28 heavy (non-hydrogen) atoms. The van der Waals surface area contributed by atoms with E-state index in [1.807, 2.05) is 6.92 Å². The quantitative estimate of drug-likeness (QED) is 0.664. The molecule has 156 valence electrons. The SMILES string of the molecule is Cc1cnc(C(=O)N(CCC(=O)NCCN2CCCCC2)CCC(C)C)cn1. The van der Waals surface area contributed by atoms with Gasteiger partial charge in [-0.15, -0.1) is 0 Å². The standard InChI is InChI=1S/C21H35N5O2/c1-17(2)7-12-26(21(28)19-16-23-18(3)15-24-19)13-8-20(27)22-9-14-25-10-5-4-6-11-25/h15-17H,4-14H2,1-3H3,(H,22,27). The molecule has 2 heterocycles. The van der Waals surface area contributed by atoms with Gasteiger partial charge in [0.2, 0.25) is 5.91 Å². The minimum Gasteiger partial charge on any atom is -0.355 e. The van der Waals surface area contributed by atoms with Crippen molar-refractivity contribution in [2.45, 2.75) is 52.9 Å². The number of hydrogen-bond donors (Lipinski definition) is 1. The number of nitrogens with zero attached hydrogens (tertiary/aromatic N) is 4. The molecule has 0 saturated carbocycles. The number of aryl methyl sites for hydroxylation is 1. The molecule has 0 spiro atoms. The number of piperidine rings is 1. The Kier molecular flexibility index (Phi) is 9.34. The van der Waals surface area contributed by atoms with Gasteiger partial charge < -0.3 is 15.1 Å². The number of carbonyl (C=O) groups is 2. The average Bonchev–Trinajstić information content (AvgIpc) is 2.69. The zero-order valence-corrected chi connectivity index (χ0v) is 17.6. The summed E-state index contributed by atoms with van der Waals surface area (Å²) in [7, 11) is 0. The Balaban J connectivity index is 1.80. The topological polar surface area (TPSA) is 78.4 Å². The molecule has 0 aliphatic carbocycles. The summed E-state index contributed by atoms with van der Waals surface area (Å²) in [5, 5.41) is 2.99. The van der Waals surface area contributed by atoms with Gasteiger partial charge >= 0.3 is 0 Å². The smallest absolute Gasteiger partial charge is 0.274 e. The lowest BCUT2D eigenvalue weighted by molar-refractivity contribution is -0.121. The van der Waals surface area contributed by atoms with E-state index in [0.717, 1.165) is 31.7 Å². The van der Waals surface area contributed by atoms with Crippen LogP contribution in [-0.2, 0) is 4.79 Å². The first-order valence-corrected chi connectivity index (χ1v) is 10.5. The summed E-state index contributed by atoms with van der Waals surface area (Å²) < 4.78 is 0. The van der Waals surface area contributed by atoms with Gasteiger partial charge in [-0.05, 0) is 45.2 Å². The second-order valence-electron chi connectivity index (χ2n) is 8.02. The lowest BCUT2D eigenvalue weighted by atomic mass is 10.1. The van der Waals surface area contributed by atoms with Gasteiger partial charge in [-0.3, -0.25) is 14.6 Å². The summed E-state index contributed by atoms with van der Waals surface area (Å²) in [6.07, 6.45) is 8.13. The van der Waals surface area contributed by atoms with E-state index in [0.29, 0.717) is 37.7 Å². The van der Waals surface area contributed by atoms with Crippen LogP contribution in [0, 0.1) is 12.8 Å². The predicted molar refractivity (Wildman–Crippen MR) is 110 cm³/mol. The maximum atomic E-state index is 12.8. The molecule has 0 unspecified atom stereocenters. The fourth-order valence-electron chi connectivity index (χ4n) is 3.26. The van der Waals surface area contributed by atoms with Crippen LogP contribution in [-0.4, -0.2) is 70.9 Å². The molecule has 7 nitrogen and oxygen atoms in total. The van der Waals surface area contributed by atoms with Crippen LogP contribution in [0.4, 0.5) is 0 Å². The Morgan fingerprint density at radius 3 is 2.54 bits per heavy atom. The Labute approximate surface area is 168 Å². The van der Waals surface area contributed by atoms with Gasteiger partial charge in [0.1, 0.15) is 5.69 Å². The van der Waals surface area contributed by atoms with E-state index in [4.69, 9.17) is 0 Å². The van der Waals surface area contributed by atoms with E-state index >= 15 is 0 Å². The van der Waals surface area contributed by atoms with Crippen LogP contribution in [0.1, 0.15) is 62.1 Å². The van der Waals surface area contributed by atoms with Crippen molar-refractivity contribution in [2.75, 3.05) is 39.3 Å². The molecule has 0 radical (unpaired) electrons. The van der Waals surface area contributed by atoms with Crippen LogP contribution in [0.15, 0.2) is 12.4 Å². The third-order valence-electron chi connectivity index (χ3n) is 5.07. The largest absolute Gasteiger partial charge is 0.355 e. The maximum absolute atomic E-state index is 12.8. The van der Waals surface area contributed by atoms with Crippen LogP contribution >= 0.6 is 0 Å². The van der Waals surface area contributed by atoms with Crippen molar-refractivity contribution in [2.24, 2.45) is 5.92 Å². The first-order chi connectivity index (χ1) is 13.5. The van der Waals surface area contributed by atoms with Gasteiger partial charge in [0.05, 0.1) is 11.9 Å². The summed E-state index contributed by atoms with van der Waals surface area (Å²) in [4.78, 5) is 37.5. The van der Waals surface area contributed by atoms with Crippen molar-refractivity contribution >= 4 is 11.8 Å². The van der Waals surface area contributed by atoms with Gasteiger partial charge in [-0.25, -0.2) is 4.98 Å². The highest BCUT2D eigenvalue weighted by Gasteiger charge is 2.19. The molecule has 2 amide bonds. The number of hydrogen-bond acceptors (Lipinski definition) is 5. The number of carbonyl (C=O) groups excluding carboxylic acids is 2. The van der Waals surface area contributed by atoms with Gasteiger partial charge in [0.25, 0.3) is 5.91 Å². The Morgan fingerprint density at radius 1 is 1.14 bits per heavy atom. The third-order valence-corrected chi connectivity index (χ3v) is 5.07. The Morgan fingerprint density at radius 2 is 1.89 bits per heavy atom. The molecular weight excluding hydrogens is 354 g/mol. The van der Waals surface area contributed by atoms with E-state index in [2.05, 4.69) is 34.0 Å². The highest BCUT2D eigenvalue weighted by Crippen LogP contribution is 2.09. The van der Waals surface area contributed by atoms with E-state index in [9.17, 15) is 9.59 Å². The van der Waals surface area contributed by atoms with Crippen LogP contribution in [0.2, 0.25) is 0 Å². The summed E-state index contributed by atoms with van der Waals surface area (Å²) in [5.74, 6) is 0.321. The van der Waals surface area contributed by atoms with Crippen LogP contribution in [0.3, 0.4) is 0 Å². The number of rotatable bonds is 10. The molecule has 0 atom stereocenters. The van der Waals surface area contributed by atoms with Gasteiger partial charge in [0.15, 0.2) is 0 Å².